The second kappa shape index (κ2) is 7.99. The number of carbonyl (C=O) groups excluding carboxylic acids is 1. The molecule has 0 bridgehead atoms. The number of nitrogens with zero attached hydrogens (tertiary/aromatic N) is 1. The normalized spacial score (nSPS) is 11.2. The highest BCUT2D eigenvalue weighted by atomic mass is 19.4. The Morgan fingerprint density at radius 3 is 2.38 bits per heavy atom. The summed E-state index contributed by atoms with van der Waals surface area (Å²) in [4.78, 5) is 12.4. The van der Waals surface area contributed by atoms with Gasteiger partial charge < -0.3 is 21.1 Å². The first-order chi connectivity index (χ1) is 12.2. The highest BCUT2D eigenvalue weighted by Gasteiger charge is 2.42. The molecule has 0 spiro atoms. The molecule has 140 valence electrons. The van der Waals surface area contributed by atoms with E-state index in [1.54, 1.807) is 42.5 Å². The van der Waals surface area contributed by atoms with E-state index in [1.807, 2.05) is 6.92 Å². The smallest absolute Gasteiger partial charge is 0.471 e. The predicted octanol–water partition coefficient (Wildman–Crippen LogP) is 3.13. The summed E-state index contributed by atoms with van der Waals surface area (Å²) in [6, 6.07) is 11.7. The first kappa shape index (κ1) is 19.4. The van der Waals surface area contributed by atoms with Crippen molar-refractivity contribution in [3.05, 3.63) is 53.6 Å². The van der Waals surface area contributed by atoms with Crippen LogP contribution in [0, 0.1) is 6.92 Å². The highest BCUT2D eigenvalue weighted by Crippen LogP contribution is 2.27. The van der Waals surface area contributed by atoms with Crippen LogP contribution in [0.5, 0.6) is 5.75 Å². The van der Waals surface area contributed by atoms with E-state index in [0.29, 0.717) is 16.2 Å². The number of hydrogen-bond donors (Lipinski definition) is 2. The third-order valence-corrected chi connectivity index (χ3v) is 3.74. The molecule has 0 unspecified atom stereocenters. The van der Waals surface area contributed by atoms with Crippen molar-refractivity contribution in [2.24, 2.45) is 0 Å². The number of rotatable bonds is 6. The van der Waals surface area contributed by atoms with Crippen LogP contribution in [0.3, 0.4) is 0 Å². The lowest BCUT2D eigenvalue weighted by Gasteiger charge is -2.24. The van der Waals surface area contributed by atoms with E-state index in [1.165, 1.54) is 0 Å². The number of benzene rings is 2. The van der Waals surface area contributed by atoms with Crippen LogP contribution in [-0.2, 0) is 11.3 Å². The van der Waals surface area contributed by atoms with Crippen molar-refractivity contribution >= 4 is 17.3 Å². The average Bonchev–Trinajstić information content (AvgIpc) is 2.58. The molecule has 2 aromatic rings. The molecule has 26 heavy (non-hydrogen) atoms. The Labute approximate surface area is 149 Å². The summed E-state index contributed by atoms with van der Waals surface area (Å²) in [5, 5.41) is 0. The highest BCUT2D eigenvalue weighted by molar-refractivity contribution is 5.81. The number of carbonyl (C=O) groups is 1. The van der Waals surface area contributed by atoms with Crippen molar-refractivity contribution in [2.75, 3.05) is 24.6 Å². The van der Waals surface area contributed by atoms with Crippen molar-refractivity contribution in [1.82, 2.24) is 4.90 Å². The minimum atomic E-state index is -4.96. The van der Waals surface area contributed by atoms with E-state index >= 15 is 0 Å². The summed E-state index contributed by atoms with van der Waals surface area (Å²) in [6.07, 6.45) is -4.96. The number of alkyl halides is 3. The molecule has 0 aromatic heterocycles. The second-order valence-corrected chi connectivity index (χ2v) is 5.82. The van der Waals surface area contributed by atoms with Crippen LogP contribution >= 0.6 is 0 Å². The Balaban J connectivity index is 2.07. The molecule has 0 aliphatic carbocycles. The van der Waals surface area contributed by atoms with E-state index in [4.69, 9.17) is 16.2 Å². The van der Waals surface area contributed by atoms with Gasteiger partial charge in [-0.1, -0.05) is 35.9 Å². The van der Waals surface area contributed by atoms with E-state index < -0.39 is 12.1 Å². The second-order valence-electron chi connectivity index (χ2n) is 5.82. The molecular weight excluding hydrogens is 347 g/mol. The molecule has 0 aliphatic heterocycles. The third kappa shape index (κ3) is 5.05. The minimum absolute atomic E-state index is 0.151. The van der Waals surface area contributed by atoms with Gasteiger partial charge in [0.1, 0.15) is 12.4 Å². The quantitative estimate of drug-likeness (QED) is 0.769. The molecule has 0 fully saturated rings. The fraction of sp³-hybridized carbons (Fsp3) is 0.278. The van der Waals surface area contributed by atoms with Gasteiger partial charge in [-0.3, -0.25) is 4.79 Å². The molecule has 2 rings (SSSR count). The maximum Gasteiger partial charge on any atom is 0.471 e. The molecule has 0 aliphatic rings. The van der Waals surface area contributed by atoms with Crippen molar-refractivity contribution in [3.63, 3.8) is 0 Å². The number of nitrogens with two attached hydrogens (primary N) is 2. The fourth-order valence-corrected chi connectivity index (χ4v) is 2.30. The SMILES string of the molecule is Cc1ccc(CN(CCOc2cccc(N)c2N)C(=O)C(F)(F)F)cc1. The maximum atomic E-state index is 12.9. The number of halogens is 3. The molecule has 0 heterocycles. The summed E-state index contributed by atoms with van der Waals surface area (Å²) < 4.78 is 44.0. The lowest BCUT2D eigenvalue weighted by molar-refractivity contribution is -0.186. The number of amides is 1. The summed E-state index contributed by atoms with van der Waals surface area (Å²) in [5.74, 6) is -1.65. The number of nitrogen functional groups attached to an aromatic ring is 2. The molecular formula is C18H20F3N3O2. The van der Waals surface area contributed by atoms with Crippen LogP contribution < -0.4 is 16.2 Å². The number of ether oxygens (including phenoxy) is 1. The van der Waals surface area contributed by atoms with Gasteiger partial charge >= 0.3 is 12.1 Å². The molecule has 0 radical (unpaired) electrons. The Morgan fingerprint density at radius 1 is 1.12 bits per heavy atom. The van der Waals surface area contributed by atoms with E-state index in [9.17, 15) is 18.0 Å². The zero-order chi connectivity index (χ0) is 19.3. The van der Waals surface area contributed by atoms with Gasteiger partial charge in [-0.15, -0.1) is 0 Å². The van der Waals surface area contributed by atoms with Crippen molar-refractivity contribution < 1.29 is 22.7 Å². The molecule has 2 aromatic carbocycles. The first-order valence-corrected chi connectivity index (χ1v) is 7.87. The van der Waals surface area contributed by atoms with E-state index in [-0.39, 0.29) is 31.1 Å². The lowest BCUT2D eigenvalue weighted by atomic mass is 10.1. The van der Waals surface area contributed by atoms with Crippen LogP contribution in [0.2, 0.25) is 0 Å². The van der Waals surface area contributed by atoms with Crippen LogP contribution in [0.1, 0.15) is 11.1 Å². The van der Waals surface area contributed by atoms with Gasteiger partial charge in [0.15, 0.2) is 0 Å². The van der Waals surface area contributed by atoms with Crippen LogP contribution in [-0.4, -0.2) is 30.1 Å². The maximum absolute atomic E-state index is 12.9. The van der Waals surface area contributed by atoms with Crippen LogP contribution in [0.25, 0.3) is 0 Å². The van der Waals surface area contributed by atoms with E-state index in [2.05, 4.69) is 0 Å². The topological polar surface area (TPSA) is 81.6 Å². The van der Waals surface area contributed by atoms with Gasteiger partial charge in [0.25, 0.3) is 0 Å². The Morgan fingerprint density at radius 2 is 1.77 bits per heavy atom. The van der Waals surface area contributed by atoms with E-state index in [0.717, 1.165) is 5.56 Å². The van der Waals surface area contributed by atoms with Gasteiger partial charge in [-0.2, -0.15) is 13.2 Å². The first-order valence-electron chi connectivity index (χ1n) is 7.87. The zero-order valence-corrected chi connectivity index (χ0v) is 14.2. The summed E-state index contributed by atoms with van der Waals surface area (Å²) >= 11 is 0. The number of aryl methyl sites for hydroxylation is 1. The molecule has 5 nitrogen and oxygen atoms in total. The van der Waals surface area contributed by atoms with Gasteiger partial charge in [-0.25, -0.2) is 0 Å². The van der Waals surface area contributed by atoms with Gasteiger partial charge in [0.05, 0.1) is 17.9 Å². The molecule has 1 amide bonds. The Hall–Kier alpha value is -2.90. The molecule has 8 heteroatoms. The fourth-order valence-electron chi connectivity index (χ4n) is 2.30. The average molecular weight is 367 g/mol. The Bertz CT molecular complexity index is 761. The monoisotopic (exact) mass is 367 g/mol. The number of para-hydroxylation sites is 1. The third-order valence-electron chi connectivity index (χ3n) is 3.74. The van der Waals surface area contributed by atoms with Crippen LogP contribution in [0.15, 0.2) is 42.5 Å². The summed E-state index contributed by atoms with van der Waals surface area (Å²) in [6.45, 7) is 1.29. The number of hydrogen-bond acceptors (Lipinski definition) is 4. The standard InChI is InChI=1S/C18H20F3N3O2/c1-12-5-7-13(8-6-12)11-24(17(25)18(19,20)21)9-10-26-15-4-2-3-14(22)16(15)23/h2-8H,9-11,22-23H2,1H3. The largest absolute Gasteiger partial charge is 0.490 e. The van der Waals surface area contributed by atoms with Crippen molar-refractivity contribution in [1.29, 1.82) is 0 Å². The van der Waals surface area contributed by atoms with Gasteiger partial charge in [-0.05, 0) is 24.6 Å². The van der Waals surface area contributed by atoms with Gasteiger partial charge in [0.2, 0.25) is 0 Å². The molecule has 0 saturated heterocycles. The Kier molecular flexibility index (Phi) is 5.97. The zero-order valence-electron chi connectivity index (χ0n) is 14.2. The summed E-state index contributed by atoms with van der Waals surface area (Å²) in [5.41, 5.74) is 13.5. The predicted molar refractivity (Wildman–Crippen MR) is 93.4 cm³/mol. The molecule has 0 atom stereocenters. The van der Waals surface area contributed by atoms with Crippen LogP contribution in [0.4, 0.5) is 24.5 Å². The lowest BCUT2D eigenvalue weighted by Crippen LogP contribution is -2.42. The number of anilines is 2. The van der Waals surface area contributed by atoms with Crippen molar-refractivity contribution in [3.8, 4) is 5.75 Å². The van der Waals surface area contributed by atoms with Crippen molar-refractivity contribution in [2.45, 2.75) is 19.6 Å². The van der Waals surface area contributed by atoms with Gasteiger partial charge in [0, 0.05) is 6.54 Å². The minimum Gasteiger partial charge on any atom is -0.490 e. The molecule has 4 N–H and O–H groups in total. The molecule has 0 saturated carbocycles. The summed E-state index contributed by atoms with van der Waals surface area (Å²) in [7, 11) is 0.